The van der Waals surface area contributed by atoms with Crippen LogP contribution in [0.3, 0.4) is 0 Å². The second-order valence-electron chi connectivity index (χ2n) is 3.75. The largest absolute Gasteiger partial charge is 0.236 e. The van der Waals surface area contributed by atoms with Gasteiger partial charge in [-0.1, -0.05) is 41.9 Å². The van der Waals surface area contributed by atoms with Gasteiger partial charge in [0.1, 0.15) is 6.33 Å². The Morgan fingerprint density at radius 3 is 2.53 bits per heavy atom. The van der Waals surface area contributed by atoms with E-state index in [0.29, 0.717) is 5.02 Å². The van der Waals surface area contributed by atoms with E-state index in [2.05, 4.69) is 9.97 Å². The molecule has 2 nitrogen and oxygen atoms in total. The predicted octanol–water partition coefficient (Wildman–Crippen LogP) is 3.95. The number of hydrogen-bond acceptors (Lipinski definition) is 2. The highest BCUT2D eigenvalue weighted by atomic mass is 35.5. The molecule has 0 aliphatic rings. The summed E-state index contributed by atoms with van der Waals surface area (Å²) >= 11 is 6.02. The van der Waals surface area contributed by atoms with Gasteiger partial charge in [-0.25, -0.2) is 9.97 Å². The monoisotopic (exact) mass is 240 g/mol. The van der Waals surface area contributed by atoms with Crippen LogP contribution in [-0.4, -0.2) is 9.97 Å². The Morgan fingerprint density at radius 1 is 0.882 bits per heavy atom. The van der Waals surface area contributed by atoms with Gasteiger partial charge in [-0.05, 0) is 18.2 Å². The van der Waals surface area contributed by atoms with E-state index in [-0.39, 0.29) is 0 Å². The Labute approximate surface area is 104 Å². The average Bonchev–Trinajstić information content (AvgIpc) is 2.39. The third-order valence-corrected chi connectivity index (χ3v) is 2.88. The number of rotatable bonds is 1. The van der Waals surface area contributed by atoms with Gasteiger partial charge in [0.05, 0.1) is 11.2 Å². The first-order valence-electron chi connectivity index (χ1n) is 5.30. The summed E-state index contributed by atoms with van der Waals surface area (Å²) in [4.78, 5) is 8.59. The highest BCUT2D eigenvalue weighted by Gasteiger charge is 2.05. The number of fused-ring (bicyclic) bond motifs is 1. The van der Waals surface area contributed by atoms with Crippen molar-refractivity contribution in [1.82, 2.24) is 9.97 Å². The van der Waals surface area contributed by atoms with Gasteiger partial charge in [-0.3, -0.25) is 0 Å². The summed E-state index contributed by atoms with van der Waals surface area (Å²) in [5, 5.41) is 1.68. The molecule has 0 aliphatic carbocycles. The molecule has 0 saturated carbocycles. The van der Waals surface area contributed by atoms with Crippen LogP contribution >= 0.6 is 11.6 Å². The molecule has 0 fully saturated rings. The highest BCUT2D eigenvalue weighted by molar-refractivity contribution is 6.31. The quantitative estimate of drug-likeness (QED) is 0.644. The van der Waals surface area contributed by atoms with Gasteiger partial charge in [0.25, 0.3) is 0 Å². The minimum absolute atomic E-state index is 0.699. The lowest BCUT2D eigenvalue weighted by Gasteiger charge is -2.05. The molecule has 1 aromatic heterocycles. The first-order chi connectivity index (χ1) is 8.34. The van der Waals surface area contributed by atoms with E-state index in [4.69, 9.17) is 11.6 Å². The molecule has 0 N–H and O–H groups in total. The maximum Gasteiger partial charge on any atom is 0.116 e. The minimum atomic E-state index is 0.699. The zero-order valence-corrected chi connectivity index (χ0v) is 9.72. The molecular formula is C14H9ClN2. The smallest absolute Gasteiger partial charge is 0.116 e. The van der Waals surface area contributed by atoms with Crippen LogP contribution in [0.5, 0.6) is 0 Å². The standard InChI is InChI=1S/C14H9ClN2/c15-11-6-7-13-12(8-11)14(17-9-16-13)10-4-2-1-3-5-10/h1-9H. The van der Waals surface area contributed by atoms with E-state index < -0.39 is 0 Å². The lowest BCUT2D eigenvalue weighted by molar-refractivity contribution is 1.22. The molecule has 2 aromatic carbocycles. The number of aromatic nitrogens is 2. The van der Waals surface area contributed by atoms with Crippen molar-refractivity contribution in [1.29, 1.82) is 0 Å². The third kappa shape index (κ3) is 1.87. The van der Waals surface area contributed by atoms with Crippen LogP contribution in [-0.2, 0) is 0 Å². The fraction of sp³-hybridized carbons (Fsp3) is 0. The summed E-state index contributed by atoms with van der Waals surface area (Å²) in [5.41, 5.74) is 2.89. The van der Waals surface area contributed by atoms with Crippen molar-refractivity contribution in [2.45, 2.75) is 0 Å². The van der Waals surface area contributed by atoms with Crippen LogP contribution in [0.15, 0.2) is 54.9 Å². The molecule has 3 heteroatoms. The predicted molar refractivity (Wildman–Crippen MR) is 70.0 cm³/mol. The van der Waals surface area contributed by atoms with E-state index in [1.165, 1.54) is 0 Å². The van der Waals surface area contributed by atoms with E-state index in [0.717, 1.165) is 22.2 Å². The van der Waals surface area contributed by atoms with Gasteiger partial charge in [0.15, 0.2) is 0 Å². The van der Waals surface area contributed by atoms with Crippen LogP contribution in [0.2, 0.25) is 5.02 Å². The maximum atomic E-state index is 6.02. The molecule has 0 amide bonds. The van der Waals surface area contributed by atoms with Crippen molar-refractivity contribution in [3.63, 3.8) is 0 Å². The summed E-state index contributed by atoms with van der Waals surface area (Å²) in [6, 6.07) is 15.7. The van der Waals surface area contributed by atoms with Crippen molar-refractivity contribution >= 4 is 22.5 Å². The van der Waals surface area contributed by atoms with Gasteiger partial charge in [-0.15, -0.1) is 0 Å². The van der Waals surface area contributed by atoms with Crippen LogP contribution in [0, 0.1) is 0 Å². The Balaban J connectivity index is 2.33. The van der Waals surface area contributed by atoms with Gasteiger partial charge in [0.2, 0.25) is 0 Å². The summed E-state index contributed by atoms with van der Waals surface area (Å²) in [6.45, 7) is 0. The lowest BCUT2D eigenvalue weighted by atomic mass is 10.1. The number of benzene rings is 2. The summed E-state index contributed by atoms with van der Waals surface area (Å²) < 4.78 is 0. The van der Waals surface area contributed by atoms with Crippen LogP contribution < -0.4 is 0 Å². The molecule has 0 bridgehead atoms. The SMILES string of the molecule is Clc1ccc2ncnc(-c3ccccc3)c2c1. The Morgan fingerprint density at radius 2 is 1.71 bits per heavy atom. The summed E-state index contributed by atoms with van der Waals surface area (Å²) in [7, 11) is 0. The van der Waals surface area contributed by atoms with E-state index in [1.807, 2.05) is 48.5 Å². The van der Waals surface area contributed by atoms with Crippen molar-refractivity contribution in [3.05, 3.63) is 59.9 Å². The van der Waals surface area contributed by atoms with Crippen molar-refractivity contribution in [2.75, 3.05) is 0 Å². The molecule has 82 valence electrons. The minimum Gasteiger partial charge on any atom is -0.236 e. The first kappa shape index (κ1) is 10.2. The second kappa shape index (κ2) is 4.15. The highest BCUT2D eigenvalue weighted by Crippen LogP contribution is 2.27. The molecule has 0 saturated heterocycles. The van der Waals surface area contributed by atoms with Crippen molar-refractivity contribution < 1.29 is 0 Å². The molecule has 0 radical (unpaired) electrons. The third-order valence-electron chi connectivity index (χ3n) is 2.64. The molecule has 3 aromatic rings. The molecule has 0 aliphatic heterocycles. The Kier molecular flexibility index (Phi) is 2.50. The molecule has 0 atom stereocenters. The average molecular weight is 241 g/mol. The van der Waals surface area contributed by atoms with Crippen LogP contribution in [0.25, 0.3) is 22.2 Å². The first-order valence-corrected chi connectivity index (χ1v) is 5.68. The molecule has 0 unspecified atom stereocenters. The number of halogens is 1. The number of nitrogens with zero attached hydrogens (tertiary/aromatic N) is 2. The lowest BCUT2D eigenvalue weighted by Crippen LogP contribution is -1.88. The molecule has 0 spiro atoms. The maximum absolute atomic E-state index is 6.02. The molecule has 3 rings (SSSR count). The van der Waals surface area contributed by atoms with Gasteiger partial charge in [0, 0.05) is 16.0 Å². The zero-order valence-electron chi connectivity index (χ0n) is 8.97. The van der Waals surface area contributed by atoms with Gasteiger partial charge >= 0.3 is 0 Å². The summed E-state index contributed by atoms with van der Waals surface area (Å²) in [6.07, 6.45) is 1.58. The molecular weight excluding hydrogens is 232 g/mol. The Hall–Kier alpha value is -1.93. The number of hydrogen-bond donors (Lipinski definition) is 0. The van der Waals surface area contributed by atoms with E-state index >= 15 is 0 Å². The van der Waals surface area contributed by atoms with Crippen molar-refractivity contribution in [3.8, 4) is 11.3 Å². The van der Waals surface area contributed by atoms with Gasteiger partial charge < -0.3 is 0 Å². The Bertz CT molecular complexity index is 665. The van der Waals surface area contributed by atoms with Crippen LogP contribution in [0.1, 0.15) is 0 Å². The summed E-state index contributed by atoms with van der Waals surface area (Å²) in [5.74, 6) is 0. The topological polar surface area (TPSA) is 25.8 Å². The second-order valence-corrected chi connectivity index (χ2v) is 4.19. The molecule has 17 heavy (non-hydrogen) atoms. The molecule has 1 heterocycles. The van der Waals surface area contributed by atoms with E-state index in [9.17, 15) is 0 Å². The fourth-order valence-corrected chi connectivity index (χ4v) is 2.03. The van der Waals surface area contributed by atoms with Gasteiger partial charge in [-0.2, -0.15) is 0 Å². The fourth-order valence-electron chi connectivity index (χ4n) is 1.85. The van der Waals surface area contributed by atoms with Crippen molar-refractivity contribution in [2.24, 2.45) is 0 Å². The zero-order chi connectivity index (χ0) is 11.7. The normalized spacial score (nSPS) is 10.6. The van der Waals surface area contributed by atoms with Crippen LogP contribution in [0.4, 0.5) is 0 Å². The van der Waals surface area contributed by atoms with E-state index in [1.54, 1.807) is 6.33 Å².